The smallest absolute Gasteiger partial charge is 0.286 e. The highest BCUT2D eigenvalue weighted by Gasteiger charge is 2.14. The average molecular weight is 462 g/mol. The van der Waals surface area contributed by atoms with Gasteiger partial charge in [0.05, 0.1) is 17.7 Å². The van der Waals surface area contributed by atoms with Gasteiger partial charge in [-0.15, -0.1) is 0 Å². The number of hydrogen-bond donors (Lipinski definition) is 3. The van der Waals surface area contributed by atoms with E-state index in [1.807, 2.05) is 0 Å². The predicted molar refractivity (Wildman–Crippen MR) is 110 cm³/mol. The normalized spacial score (nSPS) is 10.6. The van der Waals surface area contributed by atoms with Crippen LogP contribution in [-0.2, 0) is 4.79 Å². The Bertz CT molecular complexity index is 1090. The number of nitrogens with one attached hydrogen (secondary N) is 2. The minimum atomic E-state index is -0.816. The fraction of sp³-hybridized carbons (Fsp3) is 0.158. The number of ether oxygens (including phenoxy) is 1. The fourth-order valence-corrected chi connectivity index (χ4v) is 2.85. The number of fused-ring (bicyclic) bond motifs is 1. The Labute approximate surface area is 173 Å². The van der Waals surface area contributed by atoms with Gasteiger partial charge >= 0.3 is 0 Å². The molecule has 0 aliphatic heterocycles. The van der Waals surface area contributed by atoms with Crippen molar-refractivity contribution in [3.63, 3.8) is 0 Å². The molecule has 1 heterocycles. The molecule has 29 heavy (non-hydrogen) atoms. The van der Waals surface area contributed by atoms with E-state index < -0.39 is 11.7 Å². The molecule has 0 aliphatic rings. The Morgan fingerprint density at radius 3 is 2.69 bits per heavy atom. The number of benzene rings is 2. The minimum absolute atomic E-state index is 0.151. The van der Waals surface area contributed by atoms with Gasteiger partial charge in [0.25, 0.3) is 5.91 Å². The molecular weight excluding hydrogens is 445 g/mol. The molecule has 10 heteroatoms. The second-order valence-corrected chi connectivity index (χ2v) is 6.94. The zero-order valence-corrected chi connectivity index (χ0v) is 16.9. The number of primary amides is 1. The van der Waals surface area contributed by atoms with Gasteiger partial charge in [-0.2, -0.15) is 0 Å². The molecule has 0 aliphatic carbocycles. The SMILES string of the molecule is CC(=O)NCCOc1ccc2c(Nc3ccc(Br)cc3F)nc(C(N)=O)nc2c1. The summed E-state index contributed by atoms with van der Waals surface area (Å²) in [6.45, 7) is 2.02. The van der Waals surface area contributed by atoms with Gasteiger partial charge in [-0.3, -0.25) is 9.59 Å². The van der Waals surface area contributed by atoms with Crippen molar-refractivity contribution in [2.45, 2.75) is 6.92 Å². The summed E-state index contributed by atoms with van der Waals surface area (Å²) in [4.78, 5) is 30.8. The lowest BCUT2D eigenvalue weighted by molar-refractivity contribution is -0.119. The molecule has 0 bridgehead atoms. The van der Waals surface area contributed by atoms with Gasteiger partial charge in [-0.1, -0.05) is 15.9 Å². The van der Waals surface area contributed by atoms with Crippen LogP contribution < -0.4 is 21.1 Å². The summed E-state index contributed by atoms with van der Waals surface area (Å²) in [7, 11) is 0. The fourth-order valence-electron chi connectivity index (χ4n) is 2.52. The van der Waals surface area contributed by atoms with E-state index >= 15 is 0 Å². The lowest BCUT2D eigenvalue weighted by atomic mass is 10.2. The first-order valence-electron chi connectivity index (χ1n) is 8.54. The number of nitrogens with zero attached hydrogens (tertiary/aromatic N) is 2. The summed E-state index contributed by atoms with van der Waals surface area (Å²) >= 11 is 3.20. The molecule has 0 saturated carbocycles. The molecule has 150 valence electrons. The summed E-state index contributed by atoms with van der Waals surface area (Å²) in [5.74, 6) is -0.963. The third-order valence-corrected chi connectivity index (χ3v) is 4.31. The first kappa shape index (κ1) is 20.5. The van der Waals surface area contributed by atoms with Gasteiger partial charge in [-0.25, -0.2) is 14.4 Å². The third-order valence-electron chi connectivity index (χ3n) is 3.82. The molecule has 0 fully saturated rings. The van der Waals surface area contributed by atoms with E-state index in [9.17, 15) is 14.0 Å². The molecule has 2 aromatic carbocycles. The van der Waals surface area contributed by atoms with Crippen LogP contribution in [0.5, 0.6) is 5.75 Å². The lowest BCUT2D eigenvalue weighted by Gasteiger charge is -2.12. The maximum atomic E-state index is 14.2. The monoisotopic (exact) mass is 461 g/mol. The number of rotatable bonds is 7. The van der Waals surface area contributed by atoms with Gasteiger partial charge in [0, 0.05) is 22.8 Å². The third kappa shape index (κ3) is 5.17. The molecule has 3 aromatic rings. The first-order chi connectivity index (χ1) is 13.8. The molecule has 1 aromatic heterocycles. The lowest BCUT2D eigenvalue weighted by Crippen LogP contribution is -2.25. The van der Waals surface area contributed by atoms with Crippen molar-refractivity contribution >= 4 is 50.2 Å². The van der Waals surface area contributed by atoms with Gasteiger partial charge in [0.2, 0.25) is 11.7 Å². The number of aromatic nitrogens is 2. The number of carbonyl (C=O) groups is 2. The molecule has 3 rings (SSSR count). The van der Waals surface area contributed by atoms with E-state index in [0.29, 0.717) is 27.7 Å². The second-order valence-electron chi connectivity index (χ2n) is 6.02. The number of amides is 2. The van der Waals surface area contributed by atoms with Crippen LogP contribution in [-0.4, -0.2) is 34.9 Å². The Morgan fingerprint density at radius 2 is 2.00 bits per heavy atom. The Balaban J connectivity index is 1.94. The molecule has 0 saturated heterocycles. The highest BCUT2D eigenvalue weighted by molar-refractivity contribution is 9.10. The zero-order valence-electron chi connectivity index (χ0n) is 15.3. The van der Waals surface area contributed by atoms with Crippen LogP contribution in [0.1, 0.15) is 17.5 Å². The van der Waals surface area contributed by atoms with Crippen molar-refractivity contribution in [3.05, 3.63) is 52.5 Å². The van der Waals surface area contributed by atoms with Crippen molar-refractivity contribution in [2.75, 3.05) is 18.5 Å². The van der Waals surface area contributed by atoms with Crippen LogP contribution in [0, 0.1) is 5.82 Å². The molecule has 4 N–H and O–H groups in total. The molecule has 0 atom stereocenters. The molecular formula is C19H17BrFN5O3. The molecule has 0 spiro atoms. The van der Waals surface area contributed by atoms with Gasteiger partial charge in [0.1, 0.15) is 24.0 Å². The maximum Gasteiger partial charge on any atom is 0.286 e. The van der Waals surface area contributed by atoms with Crippen molar-refractivity contribution in [1.82, 2.24) is 15.3 Å². The highest BCUT2D eigenvalue weighted by Crippen LogP contribution is 2.29. The Hall–Kier alpha value is -3.27. The minimum Gasteiger partial charge on any atom is -0.492 e. The van der Waals surface area contributed by atoms with Gasteiger partial charge < -0.3 is 21.1 Å². The maximum absolute atomic E-state index is 14.2. The van der Waals surface area contributed by atoms with Crippen LogP contribution in [0.3, 0.4) is 0 Å². The average Bonchev–Trinajstić information content (AvgIpc) is 2.66. The summed E-state index contributed by atoms with van der Waals surface area (Å²) in [5, 5.41) is 6.05. The summed E-state index contributed by atoms with van der Waals surface area (Å²) in [6, 6.07) is 9.50. The zero-order chi connectivity index (χ0) is 21.0. The van der Waals surface area contributed by atoms with Gasteiger partial charge in [-0.05, 0) is 30.3 Å². The van der Waals surface area contributed by atoms with Crippen LogP contribution >= 0.6 is 15.9 Å². The summed E-state index contributed by atoms with van der Waals surface area (Å²) in [6.07, 6.45) is 0. The van der Waals surface area contributed by atoms with E-state index in [2.05, 4.69) is 36.5 Å². The van der Waals surface area contributed by atoms with Crippen molar-refractivity contribution in [1.29, 1.82) is 0 Å². The van der Waals surface area contributed by atoms with E-state index in [-0.39, 0.29) is 29.8 Å². The van der Waals surface area contributed by atoms with Crippen LogP contribution in [0.25, 0.3) is 10.9 Å². The quantitative estimate of drug-likeness (QED) is 0.465. The summed E-state index contributed by atoms with van der Waals surface area (Å²) < 4.78 is 20.4. The van der Waals surface area contributed by atoms with Crippen LogP contribution in [0.4, 0.5) is 15.9 Å². The van der Waals surface area contributed by atoms with E-state index in [1.54, 1.807) is 24.3 Å². The highest BCUT2D eigenvalue weighted by atomic mass is 79.9. The Kier molecular flexibility index (Phi) is 6.23. The van der Waals surface area contributed by atoms with Crippen LogP contribution in [0.2, 0.25) is 0 Å². The number of hydrogen-bond acceptors (Lipinski definition) is 6. The van der Waals surface area contributed by atoms with Gasteiger partial charge in [0.15, 0.2) is 0 Å². The summed E-state index contributed by atoms with van der Waals surface area (Å²) in [5.41, 5.74) is 5.91. The second kappa shape index (κ2) is 8.82. The molecule has 0 radical (unpaired) electrons. The van der Waals surface area contributed by atoms with Crippen molar-refractivity contribution in [3.8, 4) is 5.75 Å². The van der Waals surface area contributed by atoms with E-state index in [1.165, 1.54) is 19.1 Å². The standard InChI is InChI=1S/C19H17BrFN5O3/c1-10(27)23-6-7-29-12-3-4-13-16(9-12)25-19(17(22)28)26-18(13)24-15-5-2-11(20)8-14(15)21/h2-5,8-9H,6-7H2,1H3,(H2,22,28)(H,23,27)(H,24,25,26). The molecule has 8 nitrogen and oxygen atoms in total. The Morgan fingerprint density at radius 1 is 1.21 bits per heavy atom. The largest absolute Gasteiger partial charge is 0.492 e. The predicted octanol–water partition coefficient (Wildman–Crippen LogP) is 2.89. The molecule has 2 amide bonds. The first-order valence-corrected chi connectivity index (χ1v) is 9.33. The number of halogens is 2. The van der Waals surface area contributed by atoms with Crippen molar-refractivity contribution in [2.24, 2.45) is 5.73 Å². The number of carbonyl (C=O) groups excluding carboxylic acids is 2. The van der Waals surface area contributed by atoms with E-state index in [4.69, 9.17) is 10.5 Å². The molecule has 0 unspecified atom stereocenters. The van der Waals surface area contributed by atoms with E-state index in [0.717, 1.165) is 0 Å². The number of nitrogens with two attached hydrogens (primary N) is 1. The number of anilines is 2. The van der Waals surface area contributed by atoms with Crippen molar-refractivity contribution < 1.29 is 18.7 Å². The van der Waals surface area contributed by atoms with Crippen LogP contribution in [0.15, 0.2) is 40.9 Å². The topological polar surface area (TPSA) is 119 Å².